The van der Waals surface area contributed by atoms with Gasteiger partial charge in [0.2, 0.25) is 8.32 Å². The van der Waals surface area contributed by atoms with E-state index in [9.17, 15) is 4.79 Å². The lowest BCUT2D eigenvalue weighted by Gasteiger charge is -2.36. The average molecular weight is 769 g/mol. The second kappa shape index (κ2) is 14.4. The molecule has 0 saturated carbocycles. The van der Waals surface area contributed by atoms with Crippen molar-refractivity contribution in [3.63, 3.8) is 0 Å². The van der Waals surface area contributed by atoms with Crippen molar-refractivity contribution in [2.75, 3.05) is 18.9 Å². The summed E-state index contributed by atoms with van der Waals surface area (Å²) in [6, 6.07) is 19.4. The SMILES string of the molecule is CN1CCCC1c1nnc2ccc(OC3CCC(NC(=O)Nc4cc(C(C)(C)C)nn4-c4cc(Cl)cc(O[Si](C)(C)C(C)(C)C)c4)c4ccccc43)cn12. The Bertz CT molecular complexity index is 2170. The molecule has 1 aliphatic heterocycles. The summed E-state index contributed by atoms with van der Waals surface area (Å²) in [6.45, 7) is 18.4. The van der Waals surface area contributed by atoms with Gasteiger partial charge in [-0.2, -0.15) is 5.10 Å². The first-order chi connectivity index (χ1) is 25.5. The zero-order valence-corrected chi connectivity index (χ0v) is 34.7. The van der Waals surface area contributed by atoms with Gasteiger partial charge in [0.25, 0.3) is 0 Å². The topological polar surface area (TPSA) is 111 Å². The number of aromatic nitrogens is 5. The van der Waals surface area contributed by atoms with Crippen LogP contribution in [-0.4, -0.2) is 57.2 Å². The number of nitrogens with one attached hydrogen (secondary N) is 2. The maximum absolute atomic E-state index is 13.8. The molecule has 2 aliphatic rings. The van der Waals surface area contributed by atoms with Gasteiger partial charge in [0, 0.05) is 22.6 Å². The van der Waals surface area contributed by atoms with E-state index in [1.54, 1.807) is 4.68 Å². The van der Waals surface area contributed by atoms with Gasteiger partial charge in [-0.05, 0) is 92.8 Å². The molecule has 3 aromatic heterocycles. The molecule has 54 heavy (non-hydrogen) atoms. The highest BCUT2D eigenvalue weighted by atomic mass is 35.5. The van der Waals surface area contributed by atoms with Crippen LogP contribution < -0.4 is 19.8 Å². The third-order valence-corrected chi connectivity index (χ3v) is 15.8. The molecule has 7 rings (SSSR count). The predicted molar refractivity (Wildman–Crippen MR) is 217 cm³/mol. The molecule has 286 valence electrons. The zero-order chi connectivity index (χ0) is 38.6. The van der Waals surface area contributed by atoms with Crippen LogP contribution >= 0.6 is 11.6 Å². The molecule has 11 nitrogen and oxygen atoms in total. The standard InChI is InChI=1S/C41H53ClN8O3Si/c1-40(2,3)35-24-37(50(47-35)27-21-26(42)22-29(23-27)53-54(8,9)41(4,5)6)44-39(51)43-32-17-18-34(31-14-11-10-13-30(31)32)52-28-16-19-36-45-46-38(49(36)25-28)33-15-12-20-48(33)7/h10-11,13-14,16,19,21-25,32-34H,12,15,17-18,20H2,1-9H3,(H2,43,44,51). The molecule has 13 heteroatoms. The lowest BCUT2D eigenvalue weighted by atomic mass is 9.85. The second-order valence-corrected chi connectivity index (χ2v) is 22.5. The van der Waals surface area contributed by atoms with E-state index in [1.807, 2.05) is 54.7 Å². The number of rotatable bonds is 8. The van der Waals surface area contributed by atoms with Gasteiger partial charge in [-0.3, -0.25) is 14.6 Å². The minimum atomic E-state index is -2.14. The van der Waals surface area contributed by atoms with Crippen LogP contribution in [0.25, 0.3) is 11.3 Å². The largest absolute Gasteiger partial charge is 0.543 e. The van der Waals surface area contributed by atoms with Gasteiger partial charge in [0.05, 0.1) is 29.7 Å². The summed E-state index contributed by atoms with van der Waals surface area (Å²) in [5, 5.41) is 20.8. The smallest absolute Gasteiger partial charge is 0.320 e. The van der Waals surface area contributed by atoms with Crippen LogP contribution in [0.15, 0.2) is 66.9 Å². The van der Waals surface area contributed by atoms with Crippen LogP contribution in [0.2, 0.25) is 23.2 Å². The first-order valence-corrected chi connectivity index (χ1v) is 22.2. The summed E-state index contributed by atoms with van der Waals surface area (Å²) >= 11 is 6.67. The minimum absolute atomic E-state index is 0.0119. The van der Waals surface area contributed by atoms with Gasteiger partial charge in [-0.1, -0.05) is 77.4 Å². The van der Waals surface area contributed by atoms with Crippen molar-refractivity contribution in [2.45, 2.75) is 109 Å². The van der Waals surface area contributed by atoms with Crippen LogP contribution in [0.1, 0.15) is 108 Å². The van der Waals surface area contributed by atoms with Crippen molar-refractivity contribution < 1.29 is 14.0 Å². The first-order valence-electron chi connectivity index (χ1n) is 19.0. The lowest BCUT2D eigenvalue weighted by molar-refractivity contribution is 0.171. The number of carbonyl (C=O) groups excluding carboxylic acids is 1. The van der Waals surface area contributed by atoms with E-state index < -0.39 is 8.32 Å². The summed E-state index contributed by atoms with van der Waals surface area (Å²) in [5.74, 6) is 2.93. The fourth-order valence-corrected chi connectivity index (χ4v) is 8.36. The van der Waals surface area contributed by atoms with Crippen LogP contribution in [0.3, 0.4) is 0 Å². The highest BCUT2D eigenvalue weighted by molar-refractivity contribution is 6.74. The molecule has 5 aromatic rings. The Morgan fingerprint density at radius 3 is 2.39 bits per heavy atom. The molecule has 0 spiro atoms. The number of carbonyl (C=O) groups is 1. The normalized spacial score (nSPS) is 19.5. The molecule has 4 heterocycles. The molecule has 2 N–H and O–H groups in total. The van der Waals surface area contributed by atoms with Gasteiger partial charge in [0.1, 0.15) is 23.4 Å². The van der Waals surface area contributed by atoms with Crippen molar-refractivity contribution in [3.8, 4) is 17.2 Å². The van der Waals surface area contributed by atoms with Crippen molar-refractivity contribution in [2.24, 2.45) is 0 Å². The fraction of sp³-hybridized carbons (Fsp3) is 0.463. The number of likely N-dealkylation sites (tertiary alicyclic amines) is 1. The van der Waals surface area contributed by atoms with Crippen LogP contribution in [0.5, 0.6) is 11.5 Å². The van der Waals surface area contributed by atoms with Gasteiger partial charge in [-0.15, -0.1) is 10.2 Å². The predicted octanol–water partition coefficient (Wildman–Crippen LogP) is 9.79. The molecule has 1 aliphatic carbocycles. The van der Waals surface area contributed by atoms with Gasteiger partial charge in [-0.25, -0.2) is 9.48 Å². The van der Waals surface area contributed by atoms with E-state index in [1.165, 1.54) is 0 Å². The van der Waals surface area contributed by atoms with E-state index in [0.29, 0.717) is 28.7 Å². The molecular formula is C41H53ClN8O3Si. The van der Waals surface area contributed by atoms with Crippen molar-refractivity contribution in [1.82, 2.24) is 34.6 Å². The molecule has 2 aromatic carbocycles. The van der Waals surface area contributed by atoms with Crippen LogP contribution in [0.4, 0.5) is 10.6 Å². The third kappa shape index (κ3) is 7.74. The van der Waals surface area contributed by atoms with Gasteiger partial charge < -0.3 is 14.5 Å². The number of pyridine rings is 1. The number of amides is 2. The molecule has 2 amide bonds. The second-order valence-electron chi connectivity index (χ2n) is 17.3. The summed E-state index contributed by atoms with van der Waals surface area (Å²) < 4.78 is 17.1. The number of anilines is 1. The summed E-state index contributed by atoms with van der Waals surface area (Å²) in [7, 11) is -0.000874. The molecule has 1 saturated heterocycles. The monoisotopic (exact) mass is 768 g/mol. The molecule has 0 bridgehead atoms. The number of halogens is 1. The Morgan fingerprint density at radius 2 is 1.69 bits per heavy atom. The Kier molecular flexibility index (Phi) is 10.1. The van der Waals surface area contributed by atoms with E-state index >= 15 is 0 Å². The molecule has 1 fully saturated rings. The first kappa shape index (κ1) is 37.9. The summed E-state index contributed by atoms with van der Waals surface area (Å²) in [5.41, 5.74) is 4.18. The third-order valence-electron chi connectivity index (χ3n) is 11.2. The Morgan fingerprint density at radius 1 is 0.926 bits per heavy atom. The van der Waals surface area contributed by atoms with E-state index in [0.717, 1.165) is 59.8 Å². The molecular weight excluding hydrogens is 716 g/mol. The van der Waals surface area contributed by atoms with Crippen molar-refractivity contribution in [3.05, 3.63) is 94.5 Å². The lowest BCUT2D eigenvalue weighted by Crippen LogP contribution is -2.43. The Labute approximate surface area is 324 Å². The van der Waals surface area contributed by atoms with E-state index in [4.69, 9.17) is 25.9 Å². The number of fused-ring (bicyclic) bond motifs is 2. The molecule has 0 radical (unpaired) electrons. The van der Waals surface area contributed by atoms with Crippen LogP contribution in [0, 0.1) is 0 Å². The summed E-state index contributed by atoms with van der Waals surface area (Å²) in [4.78, 5) is 16.2. The fourth-order valence-electron chi connectivity index (χ4n) is 7.13. The van der Waals surface area contributed by atoms with E-state index in [-0.39, 0.29) is 34.7 Å². The van der Waals surface area contributed by atoms with Crippen molar-refractivity contribution in [1.29, 1.82) is 0 Å². The number of ether oxygens (including phenoxy) is 1. The number of urea groups is 1. The Hall–Kier alpha value is -4.39. The highest BCUT2D eigenvalue weighted by Gasteiger charge is 2.39. The van der Waals surface area contributed by atoms with E-state index in [2.05, 4.69) is 104 Å². The number of nitrogens with zero attached hydrogens (tertiary/aromatic N) is 6. The Balaban J connectivity index is 1.10. The van der Waals surface area contributed by atoms with Crippen LogP contribution in [-0.2, 0) is 5.41 Å². The molecule has 3 atom stereocenters. The highest BCUT2D eigenvalue weighted by Crippen LogP contribution is 2.41. The van der Waals surface area contributed by atoms with Gasteiger partial charge in [0.15, 0.2) is 11.5 Å². The molecule has 3 unspecified atom stereocenters. The maximum Gasteiger partial charge on any atom is 0.320 e. The minimum Gasteiger partial charge on any atom is -0.543 e. The number of hydrogen-bond donors (Lipinski definition) is 2. The zero-order valence-electron chi connectivity index (χ0n) is 32.9. The maximum atomic E-state index is 13.8. The average Bonchev–Trinajstić information content (AvgIpc) is 3.83. The quantitative estimate of drug-likeness (QED) is 0.151. The van der Waals surface area contributed by atoms with Gasteiger partial charge >= 0.3 is 6.03 Å². The van der Waals surface area contributed by atoms with Crippen molar-refractivity contribution >= 4 is 37.4 Å². The number of hydrogen-bond acceptors (Lipinski definition) is 7. The number of benzene rings is 2. The summed E-state index contributed by atoms with van der Waals surface area (Å²) in [6.07, 6.45) is 5.48.